The molecule has 2 N–H and O–H groups in total. The molecule has 3 rings (SSSR count). The Balaban J connectivity index is 2.15. The fourth-order valence-electron chi connectivity index (χ4n) is 2.98. The van der Waals surface area contributed by atoms with E-state index in [2.05, 4.69) is 22.0 Å². The summed E-state index contributed by atoms with van der Waals surface area (Å²) in [6, 6.07) is 2.32. The number of hydrogen-bond donors (Lipinski definition) is 1. The van der Waals surface area contributed by atoms with Crippen molar-refractivity contribution >= 4 is 15.9 Å². The van der Waals surface area contributed by atoms with Gasteiger partial charge in [0.05, 0.1) is 11.6 Å². The normalized spacial score (nSPS) is 21.1. The molecular weight excluding hydrogens is 290 g/mol. The molecule has 18 heavy (non-hydrogen) atoms. The van der Waals surface area contributed by atoms with Crippen molar-refractivity contribution in [2.24, 2.45) is 5.73 Å². The topological polar surface area (TPSA) is 35.2 Å². The zero-order valence-electron chi connectivity index (χ0n) is 10.9. The standard InChI is InChI=1S/C15H20BrNO/c1-18-14-12(15(17)7-8-15)9-10-5-3-2-4-6-11(10)13(14)16/h9H,2-8,17H2,1H3. The van der Waals surface area contributed by atoms with E-state index in [1.807, 2.05) is 0 Å². The van der Waals surface area contributed by atoms with Crippen LogP contribution >= 0.6 is 15.9 Å². The average Bonchev–Trinajstić information content (AvgIpc) is 3.13. The number of rotatable bonds is 2. The van der Waals surface area contributed by atoms with Gasteiger partial charge in [-0.2, -0.15) is 0 Å². The summed E-state index contributed by atoms with van der Waals surface area (Å²) in [6.45, 7) is 0. The van der Waals surface area contributed by atoms with E-state index in [1.54, 1.807) is 7.11 Å². The minimum Gasteiger partial charge on any atom is -0.495 e. The molecule has 0 saturated heterocycles. The van der Waals surface area contributed by atoms with Crippen LogP contribution in [0.5, 0.6) is 5.75 Å². The molecule has 0 heterocycles. The van der Waals surface area contributed by atoms with Gasteiger partial charge in [0.15, 0.2) is 0 Å². The number of nitrogens with two attached hydrogens (primary N) is 1. The second kappa shape index (κ2) is 4.53. The molecule has 0 spiro atoms. The molecule has 1 aromatic carbocycles. The molecule has 1 saturated carbocycles. The minimum atomic E-state index is -0.130. The molecule has 0 bridgehead atoms. The van der Waals surface area contributed by atoms with Crippen molar-refractivity contribution in [1.29, 1.82) is 0 Å². The third kappa shape index (κ3) is 1.97. The number of ether oxygens (including phenoxy) is 1. The van der Waals surface area contributed by atoms with Gasteiger partial charge >= 0.3 is 0 Å². The summed E-state index contributed by atoms with van der Waals surface area (Å²) in [5, 5.41) is 0. The van der Waals surface area contributed by atoms with Crippen molar-refractivity contribution in [2.75, 3.05) is 7.11 Å². The Hall–Kier alpha value is -0.540. The number of hydrogen-bond acceptors (Lipinski definition) is 2. The van der Waals surface area contributed by atoms with E-state index >= 15 is 0 Å². The molecule has 2 nitrogen and oxygen atoms in total. The first-order valence-electron chi connectivity index (χ1n) is 6.83. The lowest BCUT2D eigenvalue weighted by Gasteiger charge is -2.20. The molecule has 1 aromatic rings. The van der Waals surface area contributed by atoms with E-state index in [9.17, 15) is 0 Å². The monoisotopic (exact) mass is 309 g/mol. The molecule has 2 aliphatic carbocycles. The quantitative estimate of drug-likeness (QED) is 0.846. The highest BCUT2D eigenvalue weighted by molar-refractivity contribution is 9.10. The Bertz CT molecular complexity index is 480. The first-order valence-corrected chi connectivity index (χ1v) is 7.62. The van der Waals surface area contributed by atoms with Crippen LogP contribution in [0.15, 0.2) is 10.5 Å². The van der Waals surface area contributed by atoms with Crippen LogP contribution in [-0.2, 0) is 18.4 Å². The summed E-state index contributed by atoms with van der Waals surface area (Å²) in [5.41, 5.74) is 10.4. The Morgan fingerprint density at radius 1 is 1.22 bits per heavy atom. The number of methoxy groups -OCH3 is 1. The highest BCUT2D eigenvalue weighted by Gasteiger charge is 2.43. The van der Waals surface area contributed by atoms with Crippen molar-refractivity contribution < 1.29 is 4.74 Å². The van der Waals surface area contributed by atoms with E-state index in [1.165, 1.54) is 42.4 Å². The summed E-state index contributed by atoms with van der Waals surface area (Å²) in [6.07, 6.45) is 8.39. The molecule has 0 aromatic heterocycles. The molecule has 1 fully saturated rings. The van der Waals surface area contributed by atoms with Crippen LogP contribution in [-0.4, -0.2) is 7.11 Å². The Morgan fingerprint density at radius 2 is 1.94 bits per heavy atom. The van der Waals surface area contributed by atoms with Gasteiger partial charge in [-0.25, -0.2) is 0 Å². The van der Waals surface area contributed by atoms with Crippen LogP contribution in [0.2, 0.25) is 0 Å². The van der Waals surface area contributed by atoms with E-state index in [-0.39, 0.29) is 5.54 Å². The SMILES string of the molecule is COc1c(C2(N)CC2)cc2c(c1Br)CCCCC2. The van der Waals surface area contributed by atoms with Crippen LogP contribution in [0.1, 0.15) is 48.8 Å². The smallest absolute Gasteiger partial charge is 0.138 e. The lowest BCUT2D eigenvalue weighted by atomic mass is 9.94. The number of fused-ring (bicyclic) bond motifs is 1. The molecule has 0 amide bonds. The van der Waals surface area contributed by atoms with Gasteiger partial charge in [0.25, 0.3) is 0 Å². The lowest BCUT2D eigenvalue weighted by molar-refractivity contribution is 0.400. The zero-order chi connectivity index (χ0) is 12.8. The molecule has 0 radical (unpaired) electrons. The molecule has 2 aliphatic rings. The second-order valence-corrected chi connectivity index (χ2v) is 6.42. The first-order chi connectivity index (χ1) is 8.65. The summed E-state index contributed by atoms with van der Waals surface area (Å²) in [5.74, 6) is 0.968. The molecule has 98 valence electrons. The van der Waals surface area contributed by atoms with Gasteiger partial charge in [-0.15, -0.1) is 0 Å². The van der Waals surface area contributed by atoms with Gasteiger partial charge in [-0.05, 0) is 71.6 Å². The average molecular weight is 310 g/mol. The number of aryl methyl sites for hydroxylation is 1. The van der Waals surface area contributed by atoms with Crippen LogP contribution in [0.3, 0.4) is 0 Å². The van der Waals surface area contributed by atoms with Gasteiger partial charge in [-0.1, -0.05) is 6.42 Å². The predicted molar refractivity (Wildman–Crippen MR) is 77.1 cm³/mol. The van der Waals surface area contributed by atoms with Crippen molar-refractivity contribution in [2.45, 2.75) is 50.5 Å². The van der Waals surface area contributed by atoms with Crippen LogP contribution < -0.4 is 10.5 Å². The summed E-state index contributed by atoms with van der Waals surface area (Å²) < 4.78 is 6.77. The lowest BCUT2D eigenvalue weighted by Crippen LogP contribution is -2.20. The van der Waals surface area contributed by atoms with Gasteiger partial charge in [-0.3, -0.25) is 0 Å². The maximum atomic E-state index is 6.38. The van der Waals surface area contributed by atoms with Gasteiger partial charge < -0.3 is 10.5 Å². The van der Waals surface area contributed by atoms with Crippen molar-refractivity contribution in [1.82, 2.24) is 0 Å². The van der Waals surface area contributed by atoms with Crippen LogP contribution in [0.25, 0.3) is 0 Å². The highest BCUT2D eigenvalue weighted by atomic mass is 79.9. The fraction of sp³-hybridized carbons (Fsp3) is 0.600. The van der Waals surface area contributed by atoms with E-state index < -0.39 is 0 Å². The maximum Gasteiger partial charge on any atom is 0.138 e. The molecule has 0 atom stereocenters. The molecule has 3 heteroatoms. The van der Waals surface area contributed by atoms with E-state index in [4.69, 9.17) is 10.5 Å². The highest BCUT2D eigenvalue weighted by Crippen LogP contribution is 2.50. The van der Waals surface area contributed by atoms with Gasteiger partial charge in [0.1, 0.15) is 5.75 Å². The Morgan fingerprint density at radius 3 is 2.61 bits per heavy atom. The summed E-state index contributed by atoms with van der Waals surface area (Å²) in [7, 11) is 1.75. The fourth-order valence-corrected chi connectivity index (χ4v) is 3.81. The third-order valence-corrected chi connectivity index (χ3v) is 5.16. The van der Waals surface area contributed by atoms with E-state index in [0.29, 0.717) is 0 Å². The Kier molecular flexibility index (Phi) is 3.15. The van der Waals surface area contributed by atoms with Crippen LogP contribution in [0.4, 0.5) is 0 Å². The van der Waals surface area contributed by atoms with Crippen molar-refractivity contribution in [3.63, 3.8) is 0 Å². The van der Waals surface area contributed by atoms with Gasteiger partial charge in [0, 0.05) is 11.1 Å². The van der Waals surface area contributed by atoms with Crippen LogP contribution in [0, 0.1) is 0 Å². The summed E-state index contributed by atoms with van der Waals surface area (Å²) >= 11 is 3.75. The largest absolute Gasteiger partial charge is 0.495 e. The zero-order valence-corrected chi connectivity index (χ0v) is 12.5. The number of benzene rings is 1. The van der Waals surface area contributed by atoms with Gasteiger partial charge in [0.2, 0.25) is 0 Å². The minimum absolute atomic E-state index is 0.130. The van der Waals surface area contributed by atoms with Crippen molar-refractivity contribution in [3.05, 3.63) is 27.2 Å². The molecule has 0 unspecified atom stereocenters. The second-order valence-electron chi connectivity index (χ2n) is 5.63. The molecular formula is C15H20BrNO. The predicted octanol–water partition coefficient (Wildman–Crippen LogP) is 3.67. The number of halogens is 1. The van der Waals surface area contributed by atoms with E-state index in [0.717, 1.165) is 29.5 Å². The summed E-state index contributed by atoms with van der Waals surface area (Å²) in [4.78, 5) is 0. The molecule has 0 aliphatic heterocycles. The van der Waals surface area contributed by atoms with Crippen molar-refractivity contribution in [3.8, 4) is 5.75 Å². The third-order valence-electron chi connectivity index (χ3n) is 4.32. The Labute approximate surface area is 117 Å². The first kappa shape index (κ1) is 12.5. The maximum absolute atomic E-state index is 6.38.